The third-order valence-electron chi connectivity index (χ3n) is 4.85. The lowest BCUT2D eigenvalue weighted by molar-refractivity contribution is 0.0952. The van der Waals surface area contributed by atoms with Gasteiger partial charge in [0.2, 0.25) is 0 Å². The number of amides is 2. The number of aryl methyl sites for hydroxylation is 1. The Morgan fingerprint density at radius 1 is 1.07 bits per heavy atom. The van der Waals surface area contributed by atoms with Gasteiger partial charge in [-0.25, -0.2) is 0 Å². The van der Waals surface area contributed by atoms with E-state index in [4.69, 9.17) is 0 Å². The van der Waals surface area contributed by atoms with Gasteiger partial charge in [-0.1, -0.05) is 13.8 Å². The van der Waals surface area contributed by atoms with E-state index in [1.807, 2.05) is 19.1 Å². The Bertz CT molecular complexity index is 845. The van der Waals surface area contributed by atoms with Crippen molar-refractivity contribution < 1.29 is 9.59 Å². The van der Waals surface area contributed by atoms with Crippen LogP contribution in [0.2, 0.25) is 0 Å². The van der Waals surface area contributed by atoms with Gasteiger partial charge < -0.3 is 15.5 Å². The van der Waals surface area contributed by atoms with Gasteiger partial charge in [-0.2, -0.15) is 0 Å². The quantitative estimate of drug-likeness (QED) is 0.664. The molecule has 0 aliphatic heterocycles. The molecule has 0 fully saturated rings. The molecule has 0 saturated carbocycles. The molecule has 0 unspecified atom stereocenters. The van der Waals surface area contributed by atoms with Crippen molar-refractivity contribution in [2.45, 2.75) is 41.0 Å². The zero-order chi connectivity index (χ0) is 21.4. The summed E-state index contributed by atoms with van der Waals surface area (Å²) in [5, 5.41) is 5.78. The maximum atomic E-state index is 12.7. The van der Waals surface area contributed by atoms with Crippen LogP contribution in [0.5, 0.6) is 0 Å². The van der Waals surface area contributed by atoms with Crippen molar-refractivity contribution in [1.29, 1.82) is 0 Å². The molecule has 29 heavy (non-hydrogen) atoms. The molecule has 6 heteroatoms. The van der Waals surface area contributed by atoms with E-state index in [1.54, 1.807) is 6.07 Å². The highest BCUT2D eigenvalue weighted by Crippen LogP contribution is 2.23. The molecular formula is C23H32N4O2. The second-order valence-corrected chi connectivity index (χ2v) is 7.49. The number of anilines is 2. The topological polar surface area (TPSA) is 74.3 Å². The van der Waals surface area contributed by atoms with Gasteiger partial charge in [0.15, 0.2) is 0 Å². The van der Waals surface area contributed by atoms with E-state index in [-0.39, 0.29) is 17.5 Å². The number of carbonyl (C=O) groups excluding carboxylic acids is 2. The average Bonchev–Trinajstić information content (AvgIpc) is 2.70. The third kappa shape index (κ3) is 6.31. The minimum atomic E-state index is -0.333. The summed E-state index contributed by atoms with van der Waals surface area (Å²) in [5.41, 5.74) is 3.49. The Kier molecular flexibility index (Phi) is 8.19. The molecule has 1 heterocycles. The van der Waals surface area contributed by atoms with Gasteiger partial charge in [0, 0.05) is 42.8 Å². The molecule has 2 rings (SSSR count). The van der Waals surface area contributed by atoms with E-state index in [0.29, 0.717) is 18.0 Å². The number of nitrogens with one attached hydrogen (secondary N) is 2. The lowest BCUT2D eigenvalue weighted by Gasteiger charge is -2.22. The zero-order valence-electron chi connectivity index (χ0n) is 18.1. The van der Waals surface area contributed by atoms with Crippen LogP contribution in [0, 0.1) is 12.8 Å². The molecule has 0 bridgehead atoms. The molecule has 0 aliphatic rings. The minimum Gasteiger partial charge on any atom is -0.372 e. The second kappa shape index (κ2) is 10.6. The van der Waals surface area contributed by atoms with Crippen LogP contribution >= 0.6 is 0 Å². The Morgan fingerprint density at radius 2 is 1.79 bits per heavy atom. The van der Waals surface area contributed by atoms with E-state index in [2.05, 4.69) is 54.3 Å². The molecule has 156 valence electrons. The normalized spacial score (nSPS) is 10.7. The predicted octanol–water partition coefficient (Wildman–Crippen LogP) is 4.26. The van der Waals surface area contributed by atoms with Gasteiger partial charge in [-0.05, 0) is 69.0 Å². The summed E-state index contributed by atoms with van der Waals surface area (Å²) >= 11 is 0. The number of hydrogen-bond donors (Lipinski definition) is 2. The molecule has 0 spiro atoms. The molecule has 6 nitrogen and oxygen atoms in total. The lowest BCUT2D eigenvalue weighted by atomic mass is 10.1. The van der Waals surface area contributed by atoms with Crippen LogP contribution in [0.15, 0.2) is 36.5 Å². The maximum Gasteiger partial charge on any atom is 0.274 e. The van der Waals surface area contributed by atoms with Crippen molar-refractivity contribution in [2.24, 2.45) is 5.92 Å². The van der Waals surface area contributed by atoms with E-state index in [1.165, 1.54) is 12.3 Å². The molecule has 1 aromatic carbocycles. The summed E-state index contributed by atoms with van der Waals surface area (Å²) < 4.78 is 0. The number of pyridine rings is 1. The van der Waals surface area contributed by atoms with Gasteiger partial charge in [0.05, 0.1) is 0 Å². The van der Waals surface area contributed by atoms with Gasteiger partial charge >= 0.3 is 0 Å². The second-order valence-electron chi connectivity index (χ2n) is 7.49. The monoisotopic (exact) mass is 396 g/mol. The van der Waals surface area contributed by atoms with Gasteiger partial charge in [-0.3, -0.25) is 14.6 Å². The molecule has 0 radical (unpaired) electrons. The molecular weight excluding hydrogens is 364 g/mol. The smallest absolute Gasteiger partial charge is 0.274 e. The van der Waals surface area contributed by atoms with Crippen LogP contribution in [0.4, 0.5) is 11.4 Å². The van der Waals surface area contributed by atoms with E-state index < -0.39 is 0 Å². The molecule has 0 aliphatic carbocycles. The average molecular weight is 397 g/mol. The van der Waals surface area contributed by atoms with E-state index in [0.717, 1.165) is 36.4 Å². The molecule has 1 aromatic heterocycles. The van der Waals surface area contributed by atoms with Gasteiger partial charge in [0.1, 0.15) is 5.69 Å². The minimum absolute atomic E-state index is 0.193. The highest BCUT2D eigenvalue weighted by Gasteiger charge is 2.14. The largest absolute Gasteiger partial charge is 0.372 e. The first-order valence-corrected chi connectivity index (χ1v) is 10.3. The molecule has 0 atom stereocenters. The van der Waals surface area contributed by atoms with Crippen LogP contribution < -0.4 is 15.5 Å². The molecule has 0 saturated heterocycles. The molecule has 2 N–H and O–H groups in total. The summed E-state index contributed by atoms with van der Waals surface area (Å²) in [6, 6.07) is 9.12. The van der Waals surface area contributed by atoms with Crippen molar-refractivity contribution in [3.05, 3.63) is 53.3 Å². The van der Waals surface area contributed by atoms with Crippen LogP contribution in [-0.2, 0) is 0 Å². The van der Waals surface area contributed by atoms with Crippen LogP contribution in [0.25, 0.3) is 0 Å². The fraction of sp³-hybridized carbons (Fsp3) is 0.435. The van der Waals surface area contributed by atoms with E-state index in [9.17, 15) is 9.59 Å². The Balaban J connectivity index is 2.08. The van der Waals surface area contributed by atoms with Crippen molar-refractivity contribution in [3.8, 4) is 0 Å². The zero-order valence-corrected chi connectivity index (χ0v) is 18.1. The Hall–Kier alpha value is -2.89. The number of carbonyl (C=O) groups is 2. The highest BCUT2D eigenvalue weighted by atomic mass is 16.2. The first kappa shape index (κ1) is 22.4. The van der Waals surface area contributed by atoms with Crippen molar-refractivity contribution in [2.75, 3.05) is 29.9 Å². The SMILES string of the molecule is CCN(CC)c1ccc(NC(=O)c2cc(C(=O)NCCC(C)C)ccn2)c(C)c1. The number of hydrogen-bond acceptors (Lipinski definition) is 4. The number of rotatable bonds is 9. The fourth-order valence-electron chi connectivity index (χ4n) is 3.03. The van der Waals surface area contributed by atoms with Crippen molar-refractivity contribution in [1.82, 2.24) is 10.3 Å². The summed E-state index contributed by atoms with van der Waals surface area (Å²) in [5.74, 6) is -0.00665. The van der Waals surface area contributed by atoms with Gasteiger partial charge in [0.25, 0.3) is 11.8 Å². The number of benzene rings is 1. The van der Waals surface area contributed by atoms with Crippen molar-refractivity contribution >= 4 is 23.2 Å². The maximum absolute atomic E-state index is 12.7. The summed E-state index contributed by atoms with van der Waals surface area (Å²) in [7, 11) is 0. The summed E-state index contributed by atoms with van der Waals surface area (Å²) in [6.07, 6.45) is 2.40. The predicted molar refractivity (Wildman–Crippen MR) is 119 cm³/mol. The Labute approximate surface area is 173 Å². The third-order valence-corrected chi connectivity index (χ3v) is 4.85. The molecule has 2 aromatic rings. The standard InChI is InChI=1S/C23H32N4O2/c1-6-27(7-2)19-8-9-20(17(5)14-19)26-23(29)21-15-18(11-13-24-21)22(28)25-12-10-16(3)4/h8-9,11,13-16H,6-7,10,12H2,1-5H3,(H,25,28)(H,26,29). The first-order valence-electron chi connectivity index (χ1n) is 10.3. The highest BCUT2D eigenvalue weighted by molar-refractivity contribution is 6.05. The van der Waals surface area contributed by atoms with Crippen LogP contribution in [0.1, 0.15) is 60.5 Å². The number of aromatic nitrogens is 1. The first-order chi connectivity index (χ1) is 13.8. The Morgan fingerprint density at radius 3 is 2.41 bits per heavy atom. The molecule has 2 amide bonds. The van der Waals surface area contributed by atoms with Crippen LogP contribution in [0.3, 0.4) is 0 Å². The lowest BCUT2D eigenvalue weighted by Crippen LogP contribution is -2.26. The summed E-state index contributed by atoms with van der Waals surface area (Å²) in [6.45, 7) is 12.9. The summed E-state index contributed by atoms with van der Waals surface area (Å²) in [4.78, 5) is 31.3. The van der Waals surface area contributed by atoms with Gasteiger partial charge in [-0.15, -0.1) is 0 Å². The van der Waals surface area contributed by atoms with Crippen LogP contribution in [-0.4, -0.2) is 36.4 Å². The number of nitrogens with zero attached hydrogens (tertiary/aromatic N) is 2. The van der Waals surface area contributed by atoms with Crippen molar-refractivity contribution in [3.63, 3.8) is 0 Å². The fourth-order valence-corrected chi connectivity index (χ4v) is 3.03. The van der Waals surface area contributed by atoms with E-state index >= 15 is 0 Å².